The highest BCUT2D eigenvalue weighted by Gasteiger charge is 2.29. The molecule has 0 atom stereocenters. The van der Waals surface area contributed by atoms with Gasteiger partial charge in [-0.25, -0.2) is 17.6 Å². The molecule has 35 heavy (non-hydrogen) atoms. The van der Waals surface area contributed by atoms with Crippen molar-refractivity contribution in [1.29, 1.82) is 0 Å². The predicted octanol–water partition coefficient (Wildman–Crippen LogP) is 5.14. The molecule has 0 saturated carbocycles. The van der Waals surface area contributed by atoms with Crippen molar-refractivity contribution in [3.63, 3.8) is 0 Å². The summed E-state index contributed by atoms with van der Waals surface area (Å²) in [4.78, 5) is 0. The molecule has 0 bridgehead atoms. The van der Waals surface area contributed by atoms with E-state index in [0.717, 1.165) is 35.4 Å². The van der Waals surface area contributed by atoms with Gasteiger partial charge in [0.1, 0.15) is 11.6 Å². The van der Waals surface area contributed by atoms with Gasteiger partial charge in [-0.15, -0.1) is 0 Å². The molecule has 192 valence electrons. The number of benzene rings is 3. The van der Waals surface area contributed by atoms with Gasteiger partial charge in [-0.3, -0.25) is 0 Å². The summed E-state index contributed by atoms with van der Waals surface area (Å²) in [7, 11) is 0. The van der Waals surface area contributed by atoms with Gasteiger partial charge in [0.15, 0.2) is 11.6 Å². The molecule has 10 heteroatoms. The molecule has 0 radical (unpaired) electrons. The van der Waals surface area contributed by atoms with E-state index in [4.69, 9.17) is 17.2 Å². The summed E-state index contributed by atoms with van der Waals surface area (Å²) in [5.41, 5.74) is 17.3. The van der Waals surface area contributed by atoms with Crippen LogP contribution in [0, 0.1) is 23.3 Å². The van der Waals surface area contributed by atoms with E-state index in [-0.39, 0.29) is 0 Å². The maximum Gasteiger partial charge on any atom is 0.416 e. The lowest BCUT2D eigenvalue weighted by atomic mass is 10.1. The van der Waals surface area contributed by atoms with E-state index in [1.165, 1.54) is 36.4 Å². The van der Waals surface area contributed by atoms with Crippen molar-refractivity contribution < 1.29 is 30.7 Å². The quantitative estimate of drug-likeness (QED) is 0.408. The van der Waals surface area contributed by atoms with E-state index in [2.05, 4.69) is 0 Å². The Kier molecular flexibility index (Phi) is 13.0. The molecule has 3 aromatic rings. The van der Waals surface area contributed by atoms with E-state index in [1.54, 1.807) is 0 Å². The highest BCUT2D eigenvalue weighted by Crippen LogP contribution is 2.29. The molecule has 0 aliphatic rings. The topological polar surface area (TPSA) is 78.1 Å². The van der Waals surface area contributed by atoms with Gasteiger partial charge in [0.25, 0.3) is 0 Å². The van der Waals surface area contributed by atoms with Crippen molar-refractivity contribution in [2.24, 2.45) is 17.2 Å². The lowest BCUT2D eigenvalue weighted by Crippen LogP contribution is -2.06. The Bertz CT molecular complexity index is 1000. The van der Waals surface area contributed by atoms with E-state index >= 15 is 0 Å². The Morgan fingerprint density at radius 1 is 0.514 bits per heavy atom. The Hall–Kier alpha value is -2.95. The second-order valence-electron chi connectivity index (χ2n) is 7.34. The number of hydrogen-bond donors (Lipinski definition) is 3. The summed E-state index contributed by atoms with van der Waals surface area (Å²) in [6.07, 6.45) is -2.55. The zero-order chi connectivity index (χ0) is 26.4. The summed E-state index contributed by atoms with van der Waals surface area (Å²) >= 11 is 0. The normalized spacial score (nSPS) is 10.7. The van der Waals surface area contributed by atoms with Crippen LogP contribution in [0.25, 0.3) is 0 Å². The van der Waals surface area contributed by atoms with E-state index in [1.807, 2.05) is 0 Å². The van der Waals surface area contributed by atoms with E-state index in [9.17, 15) is 30.7 Å². The Morgan fingerprint density at radius 3 is 1.43 bits per heavy atom. The van der Waals surface area contributed by atoms with Crippen LogP contribution in [0.4, 0.5) is 30.7 Å². The highest BCUT2D eigenvalue weighted by atomic mass is 19.4. The summed E-state index contributed by atoms with van der Waals surface area (Å²) < 4.78 is 86.0. The lowest BCUT2D eigenvalue weighted by Gasteiger charge is -2.06. The zero-order valence-electron chi connectivity index (χ0n) is 18.9. The zero-order valence-corrected chi connectivity index (χ0v) is 18.9. The average molecular weight is 504 g/mol. The van der Waals surface area contributed by atoms with Crippen LogP contribution in [0.1, 0.15) is 22.3 Å². The van der Waals surface area contributed by atoms with Gasteiger partial charge in [-0.1, -0.05) is 18.2 Å². The van der Waals surface area contributed by atoms with Gasteiger partial charge in [-0.2, -0.15) is 13.2 Å². The summed E-state index contributed by atoms with van der Waals surface area (Å²) in [5, 5.41) is 0. The first-order valence-electron chi connectivity index (χ1n) is 10.6. The molecule has 0 aliphatic heterocycles. The first kappa shape index (κ1) is 30.1. The van der Waals surface area contributed by atoms with E-state index < -0.39 is 35.0 Å². The van der Waals surface area contributed by atoms with Crippen LogP contribution in [0.3, 0.4) is 0 Å². The fourth-order valence-corrected chi connectivity index (χ4v) is 2.81. The Labute approximate surface area is 199 Å². The lowest BCUT2D eigenvalue weighted by molar-refractivity contribution is -0.137. The van der Waals surface area contributed by atoms with Crippen molar-refractivity contribution in [2.45, 2.75) is 25.4 Å². The third-order valence-electron chi connectivity index (χ3n) is 4.49. The molecule has 0 aliphatic carbocycles. The predicted molar refractivity (Wildman–Crippen MR) is 122 cm³/mol. The van der Waals surface area contributed by atoms with Crippen LogP contribution in [-0.2, 0) is 25.4 Å². The standard InChI is InChI=1S/C9H10F3N.2C8H9F2N/c10-9(11,12)8-3-1-7(2-4-8)5-6-13;9-7-3-6(1-2-11)4-8(10)5-7;9-7-2-1-6(3-4-11)5-8(7)10/h1-4H,5-6,13H2;3-5H,1-2,11H2;1-2,5H,3-4,11H2. The van der Waals surface area contributed by atoms with Gasteiger partial charge < -0.3 is 17.2 Å². The Morgan fingerprint density at radius 2 is 0.971 bits per heavy atom. The molecule has 3 nitrogen and oxygen atoms in total. The van der Waals surface area contributed by atoms with Gasteiger partial charge in [0, 0.05) is 6.07 Å². The van der Waals surface area contributed by atoms with Crippen molar-refractivity contribution in [1.82, 2.24) is 0 Å². The first-order chi connectivity index (χ1) is 16.5. The van der Waals surface area contributed by atoms with Gasteiger partial charge in [0.2, 0.25) is 0 Å². The monoisotopic (exact) mass is 503 g/mol. The van der Waals surface area contributed by atoms with Crippen LogP contribution < -0.4 is 17.2 Å². The smallest absolute Gasteiger partial charge is 0.330 e. The van der Waals surface area contributed by atoms with Crippen molar-refractivity contribution in [2.75, 3.05) is 19.6 Å². The molecule has 0 aromatic heterocycles. The van der Waals surface area contributed by atoms with Crippen LogP contribution in [0.5, 0.6) is 0 Å². The molecule has 0 fully saturated rings. The maximum atomic E-state index is 12.5. The van der Waals surface area contributed by atoms with Crippen LogP contribution in [0.15, 0.2) is 60.7 Å². The first-order valence-corrected chi connectivity index (χ1v) is 10.6. The Balaban J connectivity index is 0.000000264. The molecule has 0 saturated heterocycles. The second-order valence-corrected chi connectivity index (χ2v) is 7.34. The van der Waals surface area contributed by atoms with Gasteiger partial charge in [0.05, 0.1) is 5.56 Å². The fraction of sp³-hybridized carbons (Fsp3) is 0.280. The number of halogens is 7. The summed E-state index contributed by atoms with van der Waals surface area (Å²) in [5.74, 6) is -2.72. The minimum absolute atomic E-state index is 0.406. The van der Waals surface area contributed by atoms with Crippen molar-refractivity contribution >= 4 is 0 Å². The second kappa shape index (κ2) is 15.1. The highest BCUT2D eigenvalue weighted by molar-refractivity contribution is 5.24. The summed E-state index contributed by atoms with van der Waals surface area (Å²) in [6.45, 7) is 1.30. The van der Waals surface area contributed by atoms with Crippen molar-refractivity contribution in [3.05, 3.63) is 106 Å². The minimum Gasteiger partial charge on any atom is -0.330 e. The van der Waals surface area contributed by atoms with Gasteiger partial charge in [-0.05, 0) is 92.0 Å². The molecule has 0 amide bonds. The SMILES string of the molecule is NCCc1cc(F)cc(F)c1.NCCc1ccc(C(F)(F)F)cc1.NCCc1ccc(F)c(F)c1. The molecule has 0 heterocycles. The average Bonchev–Trinajstić information content (AvgIpc) is 2.77. The molecule has 0 unspecified atom stereocenters. The largest absolute Gasteiger partial charge is 0.416 e. The number of nitrogens with two attached hydrogens (primary N) is 3. The minimum atomic E-state index is -4.25. The summed E-state index contributed by atoms with van der Waals surface area (Å²) in [6, 6.07) is 12.3. The fourth-order valence-electron chi connectivity index (χ4n) is 2.81. The van der Waals surface area contributed by atoms with Crippen LogP contribution >= 0.6 is 0 Å². The third kappa shape index (κ3) is 11.8. The van der Waals surface area contributed by atoms with E-state index in [0.29, 0.717) is 44.5 Å². The maximum absolute atomic E-state index is 12.5. The molecule has 6 N–H and O–H groups in total. The number of rotatable bonds is 6. The third-order valence-corrected chi connectivity index (χ3v) is 4.49. The number of hydrogen-bond acceptors (Lipinski definition) is 3. The molecule has 3 rings (SSSR count). The van der Waals surface area contributed by atoms with Crippen LogP contribution in [0.2, 0.25) is 0 Å². The van der Waals surface area contributed by atoms with Crippen molar-refractivity contribution in [3.8, 4) is 0 Å². The molecular formula is C25H28F7N3. The molecule has 3 aromatic carbocycles. The number of alkyl halides is 3. The van der Waals surface area contributed by atoms with Crippen LogP contribution in [-0.4, -0.2) is 19.6 Å². The molecular weight excluding hydrogens is 475 g/mol. The van der Waals surface area contributed by atoms with Gasteiger partial charge >= 0.3 is 6.18 Å². The molecule has 0 spiro atoms.